The lowest BCUT2D eigenvalue weighted by atomic mass is 9.77. The molecule has 0 radical (unpaired) electrons. The van der Waals surface area contributed by atoms with E-state index in [1.165, 1.54) is 12.8 Å². The van der Waals surface area contributed by atoms with E-state index in [9.17, 15) is 0 Å². The summed E-state index contributed by atoms with van der Waals surface area (Å²) in [5, 5.41) is 4.35. The standard InChI is InChI=1S/C14H21ClN2/c1-11-6-8-14(10-16,9-7-11)17-13-5-3-2-4-12(13)15/h2-5,11,17H,6-10,16H2,1H3. The van der Waals surface area contributed by atoms with Gasteiger partial charge in [-0.15, -0.1) is 0 Å². The zero-order chi connectivity index (χ0) is 12.3. The number of rotatable bonds is 3. The van der Waals surface area contributed by atoms with Crippen LogP contribution in [0, 0.1) is 5.92 Å². The summed E-state index contributed by atoms with van der Waals surface area (Å²) in [6.07, 6.45) is 4.76. The number of para-hydroxylation sites is 1. The molecule has 1 aromatic carbocycles. The van der Waals surface area contributed by atoms with Crippen LogP contribution in [-0.2, 0) is 0 Å². The molecule has 0 saturated heterocycles. The molecule has 0 spiro atoms. The van der Waals surface area contributed by atoms with Gasteiger partial charge in [0.2, 0.25) is 0 Å². The fourth-order valence-corrected chi connectivity index (χ4v) is 2.73. The lowest BCUT2D eigenvalue weighted by Crippen LogP contribution is -2.48. The third-order valence-corrected chi connectivity index (χ3v) is 4.23. The van der Waals surface area contributed by atoms with Crippen LogP contribution in [0.2, 0.25) is 5.02 Å². The van der Waals surface area contributed by atoms with Gasteiger partial charge in [0.1, 0.15) is 0 Å². The monoisotopic (exact) mass is 252 g/mol. The summed E-state index contributed by atoms with van der Waals surface area (Å²) >= 11 is 6.19. The van der Waals surface area contributed by atoms with Gasteiger partial charge in [-0.05, 0) is 43.7 Å². The maximum atomic E-state index is 6.19. The maximum absolute atomic E-state index is 6.19. The number of anilines is 1. The number of halogens is 1. The lowest BCUT2D eigenvalue weighted by Gasteiger charge is -2.40. The number of benzene rings is 1. The van der Waals surface area contributed by atoms with Gasteiger partial charge >= 0.3 is 0 Å². The maximum Gasteiger partial charge on any atom is 0.0637 e. The van der Waals surface area contributed by atoms with Crippen LogP contribution in [-0.4, -0.2) is 12.1 Å². The molecule has 0 heterocycles. The third-order valence-electron chi connectivity index (χ3n) is 3.90. The Labute approximate surface area is 109 Å². The molecule has 17 heavy (non-hydrogen) atoms. The molecule has 0 bridgehead atoms. The first-order chi connectivity index (χ1) is 8.15. The first-order valence-corrected chi connectivity index (χ1v) is 6.76. The summed E-state index contributed by atoms with van der Waals surface area (Å²) in [4.78, 5) is 0. The van der Waals surface area contributed by atoms with Crippen LogP contribution in [0.15, 0.2) is 24.3 Å². The van der Waals surface area contributed by atoms with Gasteiger partial charge < -0.3 is 11.1 Å². The second-order valence-electron chi connectivity index (χ2n) is 5.27. The topological polar surface area (TPSA) is 38.0 Å². The minimum Gasteiger partial charge on any atom is -0.377 e. The number of nitrogens with one attached hydrogen (secondary N) is 1. The Bertz CT molecular complexity index is 370. The highest BCUT2D eigenvalue weighted by molar-refractivity contribution is 6.33. The molecular weight excluding hydrogens is 232 g/mol. The van der Waals surface area contributed by atoms with Crippen LogP contribution in [0.3, 0.4) is 0 Å². The van der Waals surface area contributed by atoms with E-state index >= 15 is 0 Å². The molecule has 0 amide bonds. The van der Waals surface area contributed by atoms with E-state index in [2.05, 4.69) is 12.2 Å². The largest absolute Gasteiger partial charge is 0.377 e. The SMILES string of the molecule is CC1CCC(CN)(Nc2ccccc2Cl)CC1. The zero-order valence-electron chi connectivity index (χ0n) is 10.4. The fourth-order valence-electron chi connectivity index (χ4n) is 2.54. The molecule has 94 valence electrons. The Morgan fingerprint density at radius 2 is 2.00 bits per heavy atom. The average Bonchev–Trinajstić information content (AvgIpc) is 2.35. The van der Waals surface area contributed by atoms with Crippen LogP contribution in [0.1, 0.15) is 32.6 Å². The van der Waals surface area contributed by atoms with Crippen molar-refractivity contribution in [2.45, 2.75) is 38.1 Å². The zero-order valence-corrected chi connectivity index (χ0v) is 11.1. The van der Waals surface area contributed by atoms with Crippen LogP contribution < -0.4 is 11.1 Å². The minimum atomic E-state index is 0.0392. The second-order valence-corrected chi connectivity index (χ2v) is 5.68. The predicted molar refractivity (Wildman–Crippen MR) is 74.5 cm³/mol. The highest BCUT2D eigenvalue weighted by Gasteiger charge is 2.33. The van der Waals surface area contributed by atoms with Gasteiger partial charge in [0.05, 0.1) is 10.7 Å². The summed E-state index contributed by atoms with van der Waals surface area (Å²) in [6.45, 7) is 2.99. The van der Waals surface area contributed by atoms with Crippen molar-refractivity contribution in [1.29, 1.82) is 0 Å². The van der Waals surface area contributed by atoms with Gasteiger partial charge in [-0.25, -0.2) is 0 Å². The Kier molecular flexibility index (Phi) is 3.95. The lowest BCUT2D eigenvalue weighted by molar-refractivity contribution is 0.272. The summed E-state index contributed by atoms with van der Waals surface area (Å²) < 4.78 is 0. The van der Waals surface area contributed by atoms with Crippen LogP contribution >= 0.6 is 11.6 Å². The molecule has 1 aliphatic carbocycles. The molecule has 0 aliphatic heterocycles. The van der Waals surface area contributed by atoms with Gasteiger partial charge in [-0.3, -0.25) is 0 Å². The number of hydrogen-bond donors (Lipinski definition) is 2. The molecule has 3 N–H and O–H groups in total. The van der Waals surface area contributed by atoms with Crippen molar-refractivity contribution in [3.8, 4) is 0 Å². The van der Waals surface area contributed by atoms with Crippen molar-refractivity contribution in [2.24, 2.45) is 11.7 Å². The van der Waals surface area contributed by atoms with Crippen molar-refractivity contribution < 1.29 is 0 Å². The Hall–Kier alpha value is -0.730. The summed E-state index contributed by atoms with van der Waals surface area (Å²) in [5.41, 5.74) is 7.02. The molecule has 0 unspecified atom stereocenters. The molecule has 3 heteroatoms. The van der Waals surface area contributed by atoms with Crippen LogP contribution in [0.5, 0.6) is 0 Å². The molecule has 2 nitrogen and oxygen atoms in total. The van der Waals surface area contributed by atoms with Crippen molar-refractivity contribution in [1.82, 2.24) is 0 Å². The van der Waals surface area contributed by atoms with E-state index in [4.69, 9.17) is 17.3 Å². The van der Waals surface area contributed by atoms with E-state index in [0.717, 1.165) is 29.5 Å². The molecule has 1 fully saturated rings. The van der Waals surface area contributed by atoms with E-state index in [1.807, 2.05) is 24.3 Å². The van der Waals surface area contributed by atoms with Gasteiger partial charge in [0.25, 0.3) is 0 Å². The molecule has 2 rings (SSSR count). The Morgan fingerprint density at radius 3 is 2.59 bits per heavy atom. The first-order valence-electron chi connectivity index (χ1n) is 6.38. The quantitative estimate of drug-likeness (QED) is 0.862. The molecule has 1 aromatic rings. The smallest absolute Gasteiger partial charge is 0.0637 e. The molecule has 1 aliphatic rings. The van der Waals surface area contributed by atoms with Gasteiger partial charge in [0, 0.05) is 12.1 Å². The molecule has 0 atom stereocenters. The minimum absolute atomic E-state index is 0.0392. The van der Waals surface area contributed by atoms with E-state index in [-0.39, 0.29) is 5.54 Å². The molecule has 1 saturated carbocycles. The fraction of sp³-hybridized carbons (Fsp3) is 0.571. The van der Waals surface area contributed by atoms with Crippen molar-refractivity contribution in [3.63, 3.8) is 0 Å². The van der Waals surface area contributed by atoms with Crippen molar-refractivity contribution in [2.75, 3.05) is 11.9 Å². The predicted octanol–water partition coefficient (Wildman–Crippen LogP) is 3.66. The van der Waals surface area contributed by atoms with Crippen LogP contribution in [0.4, 0.5) is 5.69 Å². The second kappa shape index (κ2) is 5.28. The average molecular weight is 253 g/mol. The van der Waals surface area contributed by atoms with Crippen LogP contribution in [0.25, 0.3) is 0 Å². The highest BCUT2D eigenvalue weighted by atomic mass is 35.5. The van der Waals surface area contributed by atoms with Crippen molar-refractivity contribution in [3.05, 3.63) is 29.3 Å². The van der Waals surface area contributed by atoms with Gasteiger partial charge in [-0.2, -0.15) is 0 Å². The van der Waals surface area contributed by atoms with E-state index in [0.29, 0.717) is 6.54 Å². The normalized spacial score (nSPS) is 29.0. The first kappa shape index (κ1) is 12.7. The Morgan fingerprint density at radius 1 is 1.35 bits per heavy atom. The summed E-state index contributed by atoms with van der Waals surface area (Å²) in [6, 6.07) is 7.90. The summed E-state index contributed by atoms with van der Waals surface area (Å²) in [7, 11) is 0. The highest BCUT2D eigenvalue weighted by Crippen LogP contribution is 2.35. The van der Waals surface area contributed by atoms with Gasteiger partial charge in [-0.1, -0.05) is 30.7 Å². The Balaban J connectivity index is 2.12. The van der Waals surface area contributed by atoms with Gasteiger partial charge in [0.15, 0.2) is 0 Å². The number of nitrogens with two attached hydrogens (primary N) is 1. The van der Waals surface area contributed by atoms with Crippen molar-refractivity contribution >= 4 is 17.3 Å². The number of hydrogen-bond acceptors (Lipinski definition) is 2. The van der Waals surface area contributed by atoms with E-state index in [1.54, 1.807) is 0 Å². The molecular formula is C14H21ClN2. The summed E-state index contributed by atoms with van der Waals surface area (Å²) in [5.74, 6) is 0.822. The van der Waals surface area contributed by atoms with E-state index < -0.39 is 0 Å². The third kappa shape index (κ3) is 2.93. The molecule has 0 aromatic heterocycles.